The molecule has 1 heterocycles. The third-order valence-corrected chi connectivity index (χ3v) is 5.64. The number of aliphatic hydroxyl groups excluding tert-OH is 1. The average Bonchev–Trinajstić information content (AvgIpc) is 2.90. The normalized spacial score (nSPS) is 32.4. The van der Waals surface area contributed by atoms with Crippen molar-refractivity contribution >= 4 is 0 Å². The van der Waals surface area contributed by atoms with Gasteiger partial charge in [0.15, 0.2) is 0 Å². The molecule has 4 nitrogen and oxygen atoms in total. The van der Waals surface area contributed by atoms with Crippen LogP contribution in [0.3, 0.4) is 0 Å². The summed E-state index contributed by atoms with van der Waals surface area (Å²) in [6, 6.07) is 1.79. The summed E-state index contributed by atoms with van der Waals surface area (Å²) in [6.07, 6.45) is 6.00. The van der Waals surface area contributed by atoms with E-state index in [1.54, 1.807) is 0 Å². The van der Waals surface area contributed by atoms with Gasteiger partial charge >= 0.3 is 0 Å². The summed E-state index contributed by atoms with van der Waals surface area (Å²) >= 11 is 0. The highest BCUT2D eigenvalue weighted by Gasteiger charge is 2.41. The SMILES string of the molecule is CCN1CCC(N(C)C2CCC(CO)(NC(C)C)C2)CC1. The van der Waals surface area contributed by atoms with Gasteiger partial charge in [-0.15, -0.1) is 0 Å². The van der Waals surface area contributed by atoms with Crippen molar-refractivity contribution in [3.8, 4) is 0 Å². The van der Waals surface area contributed by atoms with Crippen LogP contribution >= 0.6 is 0 Å². The van der Waals surface area contributed by atoms with Crippen LogP contribution in [-0.2, 0) is 0 Å². The van der Waals surface area contributed by atoms with Crippen molar-refractivity contribution in [1.82, 2.24) is 15.1 Å². The zero-order valence-corrected chi connectivity index (χ0v) is 14.4. The standard InChI is InChI=1S/C17H35N3O/c1-5-20-10-7-15(8-11-20)19(4)16-6-9-17(12-16,13-21)18-14(2)3/h14-16,18,21H,5-13H2,1-4H3. The lowest BCUT2D eigenvalue weighted by molar-refractivity contribution is 0.0893. The summed E-state index contributed by atoms with van der Waals surface area (Å²) in [4.78, 5) is 5.17. The van der Waals surface area contributed by atoms with Crippen LogP contribution in [0.25, 0.3) is 0 Å². The number of likely N-dealkylation sites (tertiary alicyclic amines) is 1. The van der Waals surface area contributed by atoms with Gasteiger partial charge in [-0.3, -0.25) is 0 Å². The second kappa shape index (κ2) is 7.40. The Hall–Kier alpha value is -0.160. The van der Waals surface area contributed by atoms with Gasteiger partial charge < -0.3 is 20.2 Å². The number of nitrogens with one attached hydrogen (secondary N) is 1. The fourth-order valence-electron chi connectivity index (χ4n) is 4.32. The molecule has 0 aromatic heterocycles. The topological polar surface area (TPSA) is 38.7 Å². The first-order chi connectivity index (χ1) is 9.99. The van der Waals surface area contributed by atoms with E-state index in [1.165, 1.54) is 38.9 Å². The number of rotatable bonds is 6. The molecule has 2 atom stereocenters. The first-order valence-electron chi connectivity index (χ1n) is 8.82. The molecule has 2 unspecified atom stereocenters. The fourth-order valence-corrected chi connectivity index (χ4v) is 4.32. The lowest BCUT2D eigenvalue weighted by Crippen LogP contribution is -2.52. The molecule has 0 radical (unpaired) electrons. The monoisotopic (exact) mass is 297 g/mol. The van der Waals surface area contributed by atoms with Gasteiger partial charge in [0.1, 0.15) is 0 Å². The molecule has 21 heavy (non-hydrogen) atoms. The van der Waals surface area contributed by atoms with Gasteiger partial charge in [0, 0.05) is 23.7 Å². The summed E-state index contributed by atoms with van der Waals surface area (Å²) < 4.78 is 0. The van der Waals surface area contributed by atoms with Crippen molar-refractivity contribution in [1.29, 1.82) is 0 Å². The number of piperidine rings is 1. The first kappa shape index (κ1) is 17.2. The van der Waals surface area contributed by atoms with Gasteiger partial charge in [-0.1, -0.05) is 20.8 Å². The Morgan fingerprint density at radius 2 is 1.90 bits per heavy atom. The summed E-state index contributed by atoms with van der Waals surface area (Å²) in [6.45, 7) is 10.6. The van der Waals surface area contributed by atoms with E-state index < -0.39 is 0 Å². The van der Waals surface area contributed by atoms with E-state index >= 15 is 0 Å². The molecule has 0 spiro atoms. The van der Waals surface area contributed by atoms with Crippen molar-refractivity contribution in [3.63, 3.8) is 0 Å². The molecule has 2 aliphatic rings. The van der Waals surface area contributed by atoms with Gasteiger partial charge in [-0.25, -0.2) is 0 Å². The van der Waals surface area contributed by atoms with Crippen LogP contribution in [0.2, 0.25) is 0 Å². The summed E-state index contributed by atoms with van der Waals surface area (Å²) in [5.74, 6) is 0. The molecule has 0 amide bonds. The lowest BCUT2D eigenvalue weighted by atomic mass is 9.96. The maximum atomic E-state index is 9.85. The predicted octanol–water partition coefficient (Wildman–Crippen LogP) is 1.68. The summed E-state index contributed by atoms with van der Waals surface area (Å²) in [5.41, 5.74) is -0.0444. The maximum absolute atomic E-state index is 9.85. The number of aliphatic hydroxyl groups is 1. The quantitative estimate of drug-likeness (QED) is 0.782. The van der Waals surface area contributed by atoms with Crippen LogP contribution in [0.1, 0.15) is 52.9 Å². The summed E-state index contributed by atoms with van der Waals surface area (Å²) in [5, 5.41) is 13.5. The predicted molar refractivity (Wildman–Crippen MR) is 88.6 cm³/mol. The molecule has 1 aliphatic carbocycles. The number of hydrogen-bond donors (Lipinski definition) is 2. The molecule has 2 N–H and O–H groups in total. The highest BCUT2D eigenvalue weighted by molar-refractivity contribution is 5.00. The van der Waals surface area contributed by atoms with Crippen molar-refractivity contribution in [2.45, 2.75) is 76.5 Å². The van der Waals surface area contributed by atoms with E-state index in [9.17, 15) is 5.11 Å². The minimum Gasteiger partial charge on any atom is -0.394 e. The Bertz CT molecular complexity index is 315. The second-order valence-corrected chi connectivity index (χ2v) is 7.47. The molecular formula is C17H35N3O. The van der Waals surface area contributed by atoms with Crippen LogP contribution in [0.15, 0.2) is 0 Å². The molecule has 0 bridgehead atoms. The van der Waals surface area contributed by atoms with Gasteiger partial charge in [-0.05, 0) is 58.8 Å². The van der Waals surface area contributed by atoms with Crippen molar-refractivity contribution in [2.24, 2.45) is 0 Å². The van der Waals surface area contributed by atoms with E-state index in [2.05, 4.69) is 42.9 Å². The maximum Gasteiger partial charge on any atom is 0.0614 e. The third-order valence-electron chi connectivity index (χ3n) is 5.64. The molecule has 2 rings (SSSR count). The van der Waals surface area contributed by atoms with E-state index in [0.29, 0.717) is 12.1 Å². The Balaban J connectivity index is 1.88. The Kier molecular flexibility index (Phi) is 6.06. The molecule has 124 valence electrons. The van der Waals surface area contributed by atoms with Crippen LogP contribution in [0.4, 0.5) is 0 Å². The van der Waals surface area contributed by atoms with Crippen LogP contribution in [0, 0.1) is 0 Å². The van der Waals surface area contributed by atoms with E-state index in [0.717, 1.165) is 18.9 Å². The average molecular weight is 297 g/mol. The van der Waals surface area contributed by atoms with Crippen LogP contribution < -0.4 is 5.32 Å². The molecular weight excluding hydrogens is 262 g/mol. The van der Waals surface area contributed by atoms with E-state index in [-0.39, 0.29) is 12.1 Å². The molecule has 4 heteroatoms. The zero-order chi connectivity index (χ0) is 15.5. The lowest BCUT2D eigenvalue weighted by Gasteiger charge is -2.40. The van der Waals surface area contributed by atoms with E-state index in [4.69, 9.17) is 0 Å². The fraction of sp³-hybridized carbons (Fsp3) is 1.00. The van der Waals surface area contributed by atoms with Gasteiger partial charge in [-0.2, -0.15) is 0 Å². The first-order valence-corrected chi connectivity index (χ1v) is 8.82. The van der Waals surface area contributed by atoms with Gasteiger partial charge in [0.25, 0.3) is 0 Å². The minimum atomic E-state index is -0.0444. The molecule has 2 fully saturated rings. The van der Waals surface area contributed by atoms with Crippen molar-refractivity contribution < 1.29 is 5.11 Å². The second-order valence-electron chi connectivity index (χ2n) is 7.47. The smallest absolute Gasteiger partial charge is 0.0614 e. The van der Waals surface area contributed by atoms with Crippen LogP contribution in [0.5, 0.6) is 0 Å². The molecule has 1 aliphatic heterocycles. The highest BCUT2D eigenvalue weighted by atomic mass is 16.3. The Morgan fingerprint density at radius 3 is 2.43 bits per heavy atom. The highest BCUT2D eigenvalue weighted by Crippen LogP contribution is 2.34. The molecule has 0 aromatic rings. The Labute approximate surface area is 130 Å². The Morgan fingerprint density at radius 1 is 1.24 bits per heavy atom. The largest absolute Gasteiger partial charge is 0.394 e. The van der Waals surface area contributed by atoms with Crippen molar-refractivity contribution in [2.75, 3.05) is 33.3 Å². The van der Waals surface area contributed by atoms with Gasteiger partial charge in [0.2, 0.25) is 0 Å². The summed E-state index contributed by atoms with van der Waals surface area (Å²) in [7, 11) is 2.31. The molecule has 1 saturated heterocycles. The molecule has 1 saturated carbocycles. The third kappa shape index (κ3) is 4.19. The van der Waals surface area contributed by atoms with Crippen molar-refractivity contribution in [3.05, 3.63) is 0 Å². The number of nitrogens with zero attached hydrogens (tertiary/aromatic N) is 2. The zero-order valence-electron chi connectivity index (χ0n) is 14.4. The number of hydrogen-bond acceptors (Lipinski definition) is 4. The van der Waals surface area contributed by atoms with Crippen LogP contribution in [-0.4, -0.2) is 71.9 Å². The molecule has 0 aromatic carbocycles. The van der Waals surface area contributed by atoms with E-state index in [1.807, 2.05) is 0 Å². The minimum absolute atomic E-state index is 0.0444. The van der Waals surface area contributed by atoms with Gasteiger partial charge in [0.05, 0.1) is 6.61 Å².